The predicted octanol–water partition coefficient (Wildman–Crippen LogP) is 4.19. The van der Waals surface area contributed by atoms with Crippen LogP contribution in [0.15, 0.2) is 22.7 Å². The second-order valence-corrected chi connectivity index (χ2v) is 6.22. The Hall–Kier alpha value is -0.540. The number of rotatable bonds is 3. The van der Waals surface area contributed by atoms with Gasteiger partial charge in [0.15, 0.2) is 0 Å². The van der Waals surface area contributed by atoms with E-state index in [2.05, 4.69) is 33.9 Å². The normalized spacial score (nSPS) is 17.9. The number of anilines is 1. The minimum Gasteiger partial charge on any atom is -0.398 e. The molecular formula is C15H23BrN2. The van der Waals surface area contributed by atoms with E-state index in [1.54, 1.807) is 0 Å². The fraction of sp³-hybridized carbons (Fsp3) is 0.600. The molecule has 1 fully saturated rings. The first-order valence-corrected chi connectivity index (χ1v) is 7.71. The second-order valence-electron chi connectivity index (χ2n) is 5.37. The van der Waals surface area contributed by atoms with Crippen LogP contribution >= 0.6 is 15.9 Å². The molecule has 2 rings (SSSR count). The Balaban J connectivity index is 2.03. The van der Waals surface area contributed by atoms with Crippen LogP contribution in [0.25, 0.3) is 0 Å². The van der Waals surface area contributed by atoms with Crippen molar-refractivity contribution in [3.05, 3.63) is 28.2 Å². The molecule has 0 atom stereocenters. The zero-order valence-corrected chi connectivity index (χ0v) is 12.7. The minimum absolute atomic E-state index is 0.721. The van der Waals surface area contributed by atoms with Crippen LogP contribution in [0, 0.1) is 0 Å². The number of benzene rings is 1. The molecule has 0 bridgehead atoms. The molecule has 2 N–H and O–H groups in total. The van der Waals surface area contributed by atoms with Gasteiger partial charge in [-0.3, -0.25) is 4.90 Å². The largest absolute Gasteiger partial charge is 0.398 e. The third-order valence-corrected chi connectivity index (χ3v) is 4.75. The number of nitrogen functional groups attached to an aromatic ring is 1. The smallest absolute Gasteiger partial charge is 0.0371 e. The van der Waals surface area contributed by atoms with Gasteiger partial charge < -0.3 is 5.73 Å². The lowest BCUT2D eigenvalue weighted by Gasteiger charge is -2.28. The Morgan fingerprint density at radius 2 is 1.89 bits per heavy atom. The van der Waals surface area contributed by atoms with Crippen molar-refractivity contribution in [3.63, 3.8) is 0 Å². The number of nitrogens with two attached hydrogens (primary N) is 1. The molecule has 0 amide bonds. The Kier molecular flexibility index (Phi) is 5.07. The van der Waals surface area contributed by atoms with Gasteiger partial charge in [0.25, 0.3) is 0 Å². The van der Waals surface area contributed by atoms with Crippen molar-refractivity contribution in [2.24, 2.45) is 0 Å². The van der Waals surface area contributed by atoms with E-state index in [4.69, 9.17) is 5.73 Å². The quantitative estimate of drug-likeness (QED) is 0.670. The Morgan fingerprint density at radius 3 is 2.50 bits per heavy atom. The fourth-order valence-corrected chi connectivity index (χ4v) is 3.33. The molecule has 0 aromatic heterocycles. The van der Waals surface area contributed by atoms with Gasteiger partial charge in [-0.05, 0) is 32.0 Å². The molecule has 0 spiro atoms. The van der Waals surface area contributed by atoms with Crippen LogP contribution in [-0.4, -0.2) is 18.0 Å². The monoisotopic (exact) mass is 310 g/mol. The maximum absolute atomic E-state index is 6.07. The van der Waals surface area contributed by atoms with Gasteiger partial charge in [-0.1, -0.05) is 47.7 Å². The molecule has 18 heavy (non-hydrogen) atoms. The molecule has 1 saturated carbocycles. The van der Waals surface area contributed by atoms with Gasteiger partial charge >= 0.3 is 0 Å². The Labute approximate surface area is 119 Å². The van der Waals surface area contributed by atoms with Crippen LogP contribution in [0.2, 0.25) is 0 Å². The van der Waals surface area contributed by atoms with E-state index in [1.165, 1.54) is 44.1 Å². The number of hydrogen-bond donors (Lipinski definition) is 1. The van der Waals surface area contributed by atoms with E-state index in [1.807, 2.05) is 12.1 Å². The van der Waals surface area contributed by atoms with Crippen molar-refractivity contribution in [2.75, 3.05) is 12.8 Å². The van der Waals surface area contributed by atoms with Crippen molar-refractivity contribution >= 4 is 21.6 Å². The van der Waals surface area contributed by atoms with Crippen molar-refractivity contribution in [3.8, 4) is 0 Å². The van der Waals surface area contributed by atoms with E-state index in [0.29, 0.717) is 0 Å². The van der Waals surface area contributed by atoms with Crippen LogP contribution < -0.4 is 5.73 Å². The standard InChI is InChI=1S/C15H23BrN2/c1-18(12-7-4-2-3-5-8-12)11-13-14(16)9-6-10-15(13)17/h6,9-10,12H,2-5,7-8,11,17H2,1H3. The van der Waals surface area contributed by atoms with Crippen LogP contribution in [-0.2, 0) is 6.54 Å². The molecule has 0 radical (unpaired) electrons. The molecule has 100 valence electrons. The van der Waals surface area contributed by atoms with E-state index in [0.717, 1.165) is 22.7 Å². The maximum Gasteiger partial charge on any atom is 0.0371 e. The van der Waals surface area contributed by atoms with E-state index in [-0.39, 0.29) is 0 Å². The summed E-state index contributed by atoms with van der Waals surface area (Å²) in [6, 6.07) is 6.78. The zero-order chi connectivity index (χ0) is 13.0. The summed E-state index contributed by atoms with van der Waals surface area (Å²) in [6.07, 6.45) is 8.23. The zero-order valence-electron chi connectivity index (χ0n) is 11.2. The highest BCUT2D eigenvalue weighted by Gasteiger charge is 2.18. The van der Waals surface area contributed by atoms with Gasteiger partial charge in [0.2, 0.25) is 0 Å². The summed E-state index contributed by atoms with van der Waals surface area (Å²) in [5, 5.41) is 0. The molecule has 1 aliphatic rings. The maximum atomic E-state index is 6.07. The van der Waals surface area contributed by atoms with Gasteiger partial charge in [-0.25, -0.2) is 0 Å². The van der Waals surface area contributed by atoms with Gasteiger partial charge in [0.1, 0.15) is 0 Å². The molecule has 2 nitrogen and oxygen atoms in total. The molecule has 3 heteroatoms. The summed E-state index contributed by atoms with van der Waals surface area (Å²) in [4.78, 5) is 2.47. The highest BCUT2D eigenvalue weighted by atomic mass is 79.9. The van der Waals surface area contributed by atoms with E-state index in [9.17, 15) is 0 Å². The predicted molar refractivity (Wildman–Crippen MR) is 81.5 cm³/mol. The van der Waals surface area contributed by atoms with Crippen molar-refractivity contribution in [2.45, 2.75) is 51.1 Å². The number of halogens is 1. The summed E-state index contributed by atoms with van der Waals surface area (Å²) in [6.45, 7) is 0.942. The summed E-state index contributed by atoms with van der Waals surface area (Å²) in [5.74, 6) is 0. The lowest BCUT2D eigenvalue weighted by molar-refractivity contribution is 0.213. The van der Waals surface area contributed by atoms with Gasteiger partial charge in [0.05, 0.1) is 0 Å². The lowest BCUT2D eigenvalue weighted by Crippen LogP contribution is -2.31. The first-order valence-electron chi connectivity index (χ1n) is 6.91. The fourth-order valence-electron chi connectivity index (χ4n) is 2.82. The molecule has 0 heterocycles. The molecule has 0 unspecified atom stereocenters. The minimum atomic E-state index is 0.721. The van der Waals surface area contributed by atoms with Crippen LogP contribution in [0.4, 0.5) is 5.69 Å². The third kappa shape index (κ3) is 3.48. The SMILES string of the molecule is CN(Cc1c(N)cccc1Br)C1CCCCCC1. The van der Waals surface area contributed by atoms with Crippen molar-refractivity contribution in [1.29, 1.82) is 0 Å². The summed E-state index contributed by atoms with van der Waals surface area (Å²) < 4.78 is 1.13. The van der Waals surface area contributed by atoms with Gasteiger partial charge in [-0.2, -0.15) is 0 Å². The van der Waals surface area contributed by atoms with E-state index >= 15 is 0 Å². The number of nitrogens with zero attached hydrogens (tertiary/aromatic N) is 1. The Morgan fingerprint density at radius 1 is 1.22 bits per heavy atom. The topological polar surface area (TPSA) is 29.3 Å². The van der Waals surface area contributed by atoms with Crippen LogP contribution in [0.3, 0.4) is 0 Å². The molecule has 0 saturated heterocycles. The van der Waals surface area contributed by atoms with Gasteiger partial charge in [0, 0.05) is 28.3 Å². The van der Waals surface area contributed by atoms with Crippen LogP contribution in [0.1, 0.15) is 44.1 Å². The lowest BCUT2D eigenvalue weighted by atomic mass is 10.1. The highest BCUT2D eigenvalue weighted by Crippen LogP contribution is 2.27. The molecule has 1 aromatic rings. The van der Waals surface area contributed by atoms with E-state index < -0.39 is 0 Å². The summed E-state index contributed by atoms with van der Waals surface area (Å²) >= 11 is 3.61. The average molecular weight is 311 g/mol. The Bertz CT molecular complexity index is 364. The van der Waals surface area contributed by atoms with Gasteiger partial charge in [-0.15, -0.1) is 0 Å². The van der Waals surface area contributed by atoms with Crippen LogP contribution in [0.5, 0.6) is 0 Å². The van der Waals surface area contributed by atoms with Crippen molar-refractivity contribution in [1.82, 2.24) is 4.90 Å². The molecule has 1 aliphatic carbocycles. The summed E-state index contributed by atoms with van der Waals surface area (Å²) in [5.41, 5.74) is 8.19. The second kappa shape index (κ2) is 6.58. The highest BCUT2D eigenvalue weighted by molar-refractivity contribution is 9.10. The summed E-state index contributed by atoms with van der Waals surface area (Å²) in [7, 11) is 2.23. The number of hydrogen-bond acceptors (Lipinski definition) is 2. The molecule has 1 aromatic carbocycles. The van der Waals surface area contributed by atoms with Crippen molar-refractivity contribution < 1.29 is 0 Å². The average Bonchev–Trinajstić information content (AvgIpc) is 2.62. The first-order chi connectivity index (χ1) is 8.68. The first kappa shape index (κ1) is 13.9. The molecule has 0 aliphatic heterocycles. The third-order valence-electron chi connectivity index (χ3n) is 4.01. The molecular weight excluding hydrogens is 288 g/mol.